The zero-order valence-electron chi connectivity index (χ0n) is 20.0. The highest BCUT2D eigenvalue weighted by Crippen LogP contribution is 2.35. The molecule has 4 N–H and O–H groups in total. The molecule has 35 heavy (non-hydrogen) atoms. The summed E-state index contributed by atoms with van der Waals surface area (Å²) in [4.78, 5) is 4.68. The number of aromatic nitrogens is 2. The molecular formula is C27H29N5O3. The van der Waals surface area contributed by atoms with E-state index in [1.54, 1.807) is 12.1 Å². The SMILES string of the molecule is CCOc1cc(C(Nc2ccc(C(=N)N)cc2)c2nc(-c3ccccc3)no2)ccc1OC(C)C. The van der Waals surface area contributed by atoms with Crippen molar-refractivity contribution in [2.75, 3.05) is 11.9 Å². The van der Waals surface area contributed by atoms with Gasteiger partial charge in [-0.05, 0) is 62.7 Å². The molecule has 0 saturated heterocycles. The number of anilines is 1. The molecule has 0 fully saturated rings. The first-order valence-electron chi connectivity index (χ1n) is 11.5. The van der Waals surface area contributed by atoms with Gasteiger partial charge in [0.05, 0.1) is 12.7 Å². The number of hydrogen-bond acceptors (Lipinski definition) is 7. The van der Waals surface area contributed by atoms with Gasteiger partial charge in [-0.15, -0.1) is 0 Å². The Labute approximate surface area is 204 Å². The molecule has 0 amide bonds. The zero-order chi connectivity index (χ0) is 24.8. The molecule has 1 aromatic heterocycles. The molecule has 0 spiro atoms. The van der Waals surface area contributed by atoms with Crippen LogP contribution in [-0.4, -0.2) is 28.7 Å². The van der Waals surface area contributed by atoms with Gasteiger partial charge in [-0.25, -0.2) is 0 Å². The van der Waals surface area contributed by atoms with Crippen molar-refractivity contribution in [2.24, 2.45) is 5.73 Å². The van der Waals surface area contributed by atoms with Crippen LogP contribution in [0.2, 0.25) is 0 Å². The predicted octanol–water partition coefficient (Wildman–Crippen LogP) is 5.41. The van der Waals surface area contributed by atoms with E-state index in [1.807, 2.05) is 81.4 Å². The summed E-state index contributed by atoms with van der Waals surface area (Å²) in [7, 11) is 0. The summed E-state index contributed by atoms with van der Waals surface area (Å²) in [5.41, 5.74) is 8.78. The summed E-state index contributed by atoms with van der Waals surface area (Å²) < 4.78 is 17.5. The van der Waals surface area contributed by atoms with Crippen LogP contribution in [0.4, 0.5) is 5.69 Å². The number of hydrogen-bond donors (Lipinski definition) is 3. The maximum absolute atomic E-state index is 7.63. The highest BCUT2D eigenvalue weighted by molar-refractivity contribution is 5.95. The van der Waals surface area contributed by atoms with E-state index in [2.05, 4.69) is 15.5 Å². The third-order valence-electron chi connectivity index (χ3n) is 5.19. The molecular weight excluding hydrogens is 442 g/mol. The van der Waals surface area contributed by atoms with Gasteiger partial charge in [0, 0.05) is 16.8 Å². The van der Waals surface area contributed by atoms with Gasteiger partial charge in [0.25, 0.3) is 5.89 Å². The van der Waals surface area contributed by atoms with Crippen LogP contribution >= 0.6 is 0 Å². The number of nitrogen functional groups attached to an aromatic ring is 1. The fourth-order valence-electron chi connectivity index (χ4n) is 3.58. The second-order valence-corrected chi connectivity index (χ2v) is 8.20. The second kappa shape index (κ2) is 10.7. The Morgan fingerprint density at radius 3 is 2.43 bits per heavy atom. The van der Waals surface area contributed by atoms with E-state index < -0.39 is 6.04 Å². The first-order chi connectivity index (χ1) is 16.9. The molecule has 8 nitrogen and oxygen atoms in total. The van der Waals surface area contributed by atoms with Crippen molar-refractivity contribution in [2.45, 2.75) is 32.9 Å². The highest BCUT2D eigenvalue weighted by Gasteiger charge is 2.24. The van der Waals surface area contributed by atoms with Gasteiger partial charge in [0.15, 0.2) is 11.5 Å². The fourth-order valence-corrected chi connectivity index (χ4v) is 3.58. The largest absolute Gasteiger partial charge is 0.490 e. The second-order valence-electron chi connectivity index (χ2n) is 8.20. The third-order valence-corrected chi connectivity index (χ3v) is 5.19. The Morgan fingerprint density at radius 2 is 1.77 bits per heavy atom. The summed E-state index contributed by atoms with van der Waals surface area (Å²) in [6, 6.07) is 22.3. The molecule has 4 rings (SSSR count). The van der Waals surface area contributed by atoms with Gasteiger partial charge < -0.3 is 25.0 Å². The molecule has 0 aliphatic rings. The number of nitrogens with two attached hydrogens (primary N) is 1. The topological polar surface area (TPSA) is 119 Å². The van der Waals surface area contributed by atoms with Crippen molar-refractivity contribution >= 4 is 11.5 Å². The molecule has 1 heterocycles. The van der Waals surface area contributed by atoms with Crippen LogP contribution in [0.25, 0.3) is 11.4 Å². The van der Waals surface area contributed by atoms with E-state index in [0.717, 1.165) is 16.8 Å². The number of amidine groups is 1. The van der Waals surface area contributed by atoms with Crippen molar-refractivity contribution in [3.8, 4) is 22.9 Å². The summed E-state index contributed by atoms with van der Waals surface area (Å²) in [6.07, 6.45) is 0.0122. The monoisotopic (exact) mass is 471 g/mol. The number of nitrogens with one attached hydrogen (secondary N) is 2. The normalized spacial score (nSPS) is 11.8. The van der Waals surface area contributed by atoms with E-state index in [1.165, 1.54) is 0 Å². The van der Waals surface area contributed by atoms with E-state index in [9.17, 15) is 0 Å². The summed E-state index contributed by atoms with van der Waals surface area (Å²) >= 11 is 0. The van der Waals surface area contributed by atoms with Crippen LogP contribution < -0.4 is 20.5 Å². The average molecular weight is 472 g/mol. The predicted molar refractivity (Wildman–Crippen MR) is 136 cm³/mol. The van der Waals surface area contributed by atoms with Crippen molar-refractivity contribution < 1.29 is 14.0 Å². The molecule has 3 aromatic carbocycles. The van der Waals surface area contributed by atoms with Crippen LogP contribution in [0.3, 0.4) is 0 Å². The Balaban J connectivity index is 1.73. The summed E-state index contributed by atoms with van der Waals surface area (Å²) in [5, 5.41) is 15.3. The molecule has 8 heteroatoms. The van der Waals surface area contributed by atoms with Gasteiger partial charge in [-0.2, -0.15) is 4.98 Å². The molecule has 0 aliphatic carbocycles. The van der Waals surface area contributed by atoms with Crippen LogP contribution in [0.5, 0.6) is 11.5 Å². The smallest absolute Gasteiger partial charge is 0.254 e. The van der Waals surface area contributed by atoms with Crippen LogP contribution in [0.1, 0.15) is 43.8 Å². The summed E-state index contributed by atoms with van der Waals surface area (Å²) in [5.74, 6) is 2.23. The van der Waals surface area contributed by atoms with Gasteiger partial charge in [-0.1, -0.05) is 41.6 Å². The van der Waals surface area contributed by atoms with E-state index in [0.29, 0.717) is 35.4 Å². The van der Waals surface area contributed by atoms with Gasteiger partial charge in [0.2, 0.25) is 5.82 Å². The van der Waals surface area contributed by atoms with Crippen LogP contribution in [0.15, 0.2) is 77.3 Å². The number of benzene rings is 3. The van der Waals surface area contributed by atoms with Gasteiger partial charge >= 0.3 is 0 Å². The summed E-state index contributed by atoms with van der Waals surface area (Å²) in [6.45, 7) is 6.38. The third kappa shape index (κ3) is 5.78. The lowest BCUT2D eigenvalue weighted by molar-refractivity contribution is 0.223. The minimum Gasteiger partial charge on any atom is -0.490 e. The number of nitrogens with zero attached hydrogens (tertiary/aromatic N) is 2. The van der Waals surface area contributed by atoms with Gasteiger partial charge in [-0.3, -0.25) is 5.41 Å². The molecule has 0 saturated carbocycles. The average Bonchev–Trinajstić information content (AvgIpc) is 3.34. The molecule has 0 radical (unpaired) electrons. The van der Waals surface area contributed by atoms with E-state index >= 15 is 0 Å². The van der Waals surface area contributed by atoms with E-state index in [-0.39, 0.29) is 11.9 Å². The number of rotatable bonds is 10. The molecule has 1 atom stereocenters. The van der Waals surface area contributed by atoms with Crippen LogP contribution in [-0.2, 0) is 0 Å². The maximum atomic E-state index is 7.63. The highest BCUT2D eigenvalue weighted by atomic mass is 16.5. The maximum Gasteiger partial charge on any atom is 0.254 e. The van der Waals surface area contributed by atoms with Gasteiger partial charge in [0.1, 0.15) is 11.9 Å². The molecule has 0 bridgehead atoms. The van der Waals surface area contributed by atoms with Crippen molar-refractivity contribution in [1.29, 1.82) is 5.41 Å². The fraction of sp³-hybridized carbons (Fsp3) is 0.222. The van der Waals surface area contributed by atoms with E-state index in [4.69, 9.17) is 25.1 Å². The Morgan fingerprint density at radius 1 is 1.03 bits per heavy atom. The molecule has 0 aliphatic heterocycles. The molecule has 1 unspecified atom stereocenters. The lowest BCUT2D eigenvalue weighted by Crippen LogP contribution is -2.15. The van der Waals surface area contributed by atoms with Crippen molar-refractivity contribution in [3.63, 3.8) is 0 Å². The Bertz CT molecular complexity index is 1270. The zero-order valence-corrected chi connectivity index (χ0v) is 20.0. The first kappa shape index (κ1) is 23.8. The molecule has 4 aromatic rings. The Hall–Kier alpha value is -4.33. The molecule has 180 valence electrons. The van der Waals surface area contributed by atoms with Crippen molar-refractivity contribution in [1.82, 2.24) is 10.1 Å². The lowest BCUT2D eigenvalue weighted by Gasteiger charge is -2.20. The Kier molecular flexibility index (Phi) is 7.30. The minimum absolute atomic E-state index is 0.0122. The quantitative estimate of drug-likeness (QED) is 0.209. The van der Waals surface area contributed by atoms with Crippen molar-refractivity contribution in [3.05, 3.63) is 89.8 Å². The minimum atomic E-state index is -0.463. The lowest BCUT2D eigenvalue weighted by atomic mass is 10.0. The van der Waals surface area contributed by atoms with Crippen LogP contribution in [0, 0.1) is 5.41 Å². The number of ether oxygens (including phenoxy) is 2. The standard InChI is InChI=1S/C27H29N5O3/c1-4-33-23-16-20(12-15-22(23)34-17(2)3)24(30-21-13-10-18(11-14-21)25(28)29)27-31-26(32-35-27)19-8-6-5-7-9-19/h5-17,24,30H,4H2,1-3H3,(H3,28,29). The first-order valence-corrected chi connectivity index (χ1v) is 11.5.